The fraction of sp³-hybridized carbons (Fsp3) is 0.733. The van der Waals surface area contributed by atoms with Crippen LogP contribution in [0, 0.1) is 11.8 Å². The minimum Gasteiger partial charge on any atom is -0.360 e. The molecule has 0 radical (unpaired) electrons. The Morgan fingerprint density at radius 1 is 1.30 bits per heavy atom. The van der Waals surface area contributed by atoms with Gasteiger partial charge in [-0.3, -0.25) is 4.79 Å². The Morgan fingerprint density at radius 2 is 2.10 bits per heavy atom. The van der Waals surface area contributed by atoms with Crippen LogP contribution in [-0.2, 0) is 0 Å². The van der Waals surface area contributed by atoms with Gasteiger partial charge in [-0.15, -0.1) is 0 Å². The molecule has 1 aromatic rings. The summed E-state index contributed by atoms with van der Waals surface area (Å²) < 4.78 is 5.21. The quantitative estimate of drug-likeness (QED) is 0.857. The van der Waals surface area contributed by atoms with Gasteiger partial charge in [0.1, 0.15) is 5.76 Å². The van der Waals surface area contributed by atoms with Crippen LogP contribution < -0.4 is 5.32 Å². The Hall–Kier alpha value is -1.36. The van der Waals surface area contributed by atoms with Crippen molar-refractivity contribution >= 4 is 5.91 Å². The summed E-state index contributed by atoms with van der Waals surface area (Å²) in [5, 5.41) is 6.84. The first-order valence-electron chi connectivity index (χ1n) is 7.75. The average molecular weight is 275 g/mol. The van der Waals surface area contributed by atoms with Gasteiger partial charge < -0.3 is 14.7 Å². The Labute approximate surface area is 118 Å². The van der Waals surface area contributed by atoms with Crippen LogP contribution in [0.2, 0.25) is 0 Å². The molecule has 2 saturated carbocycles. The van der Waals surface area contributed by atoms with E-state index in [0.29, 0.717) is 17.5 Å². The van der Waals surface area contributed by atoms with Crippen LogP contribution in [0.5, 0.6) is 0 Å². The van der Waals surface area contributed by atoms with Gasteiger partial charge in [-0.2, -0.15) is 0 Å². The Kier molecular flexibility index (Phi) is 3.02. The summed E-state index contributed by atoms with van der Waals surface area (Å²) in [6, 6.07) is 1.80. The number of carbonyl (C=O) groups excluding carboxylic acids is 1. The van der Waals surface area contributed by atoms with E-state index in [-0.39, 0.29) is 5.91 Å². The Morgan fingerprint density at radius 3 is 2.80 bits per heavy atom. The number of likely N-dealkylation sites (tertiary alicyclic amines) is 1. The molecule has 3 aliphatic rings. The predicted octanol–water partition coefficient (Wildman–Crippen LogP) is 1.62. The SMILES string of the molecule is O=C(NCC1CN(CC2CC2)C1)c1cc(C2CC2)on1. The summed E-state index contributed by atoms with van der Waals surface area (Å²) in [5.74, 6) is 2.84. The Balaban J connectivity index is 1.20. The maximum Gasteiger partial charge on any atom is 0.273 e. The van der Waals surface area contributed by atoms with Crippen LogP contribution in [0.4, 0.5) is 0 Å². The van der Waals surface area contributed by atoms with Crippen molar-refractivity contribution in [1.82, 2.24) is 15.4 Å². The molecule has 0 spiro atoms. The second kappa shape index (κ2) is 4.88. The molecule has 2 aliphatic carbocycles. The molecule has 0 atom stereocenters. The lowest BCUT2D eigenvalue weighted by molar-refractivity contribution is 0.0807. The second-order valence-corrected chi connectivity index (χ2v) is 6.63. The van der Waals surface area contributed by atoms with Crippen molar-refractivity contribution in [1.29, 1.82) is 0 Å². The largest absolute Gasteiger partial charge is 0.360 e. The van der Waals surface area contributed by atoms with Gasteiger partial charge in [0, 0.05) is 44.1 Å². The van der Waals surface area contributed by atoms with Crippen molar-refractivity contribution in [2.45, 2.75) is 31.6 Å². The highest BCUT2D eigenvalue weighted by atomic mass is 16.5. The van der Waals surface area contributed by atoms with Crippen molar-refractivity contribution < 1.29 is 9.32 Å². The minimum absolute atomic E-state index is 0.0960. The standard InChI is InChI=1S/C15H21N3O2/c19-15(13-5-14(20-17-13)12-3-4-12)16-6-11-8-18(9-11)7-10-1-2-10/h5,10-12H,1-4,6-9H2,(H,16,19). The second-order valence-electron chi connectivity index (χ2n) is 6.63. The smallest absolute Gasteiger partial charge is 0.273 e. The number of amides is 1. The number of nitrogens with one attached hydrogen (secondary N) is 1. The molecule has 1 aromatic heterocycles. The molecule has 20 heavy (non-hydrogen) atoms. The number of rotatable bonds is 6. The van der Waals surface area contributed by atoms with Gasteiger partial charge in [0.05, 0.1) is 0 Å². The highest BCUT2D eigenvalue weighted by molar-refractivity contribution is 5.92. The van der Waals surface area contributed by atoms with E-state index in [9.17, 15) is 4.79 Å². The van der Waals surface area contributed by atoms with Gasteiger partial charge in [-0.1, -0.05) is 5.16 Å². The first kappa shape index (κ1) is 12.4. The van der Waals surface area contributed by atoms with E-state index in [0.717, 1.165) is 44.2 Å². The van der Waals surface area contributed by atoms with Gasteiger partial charge in [-0.05, 0) is 31.6 Å². The monoisotopic (exact) mass is 275 g/mol. The van der Waals surface area contributed by atoms with Crippen LogP contribution in [0.1, 0.15) is 47.8 Å². The van der Waals surface area contributed by atoms with E-state index in [1.54, 1.807) is 6.07 Å². The summed E-state index contributed by atoms with van der Waals surface area (Å²) in [4.78, 5) is 14.5. The van der Waals surface area contributed by atoms with Crippen LogP contribution >= 0.6 is 0 Å². The van der Waals surface area contributed by atoms with E-state index < -0.39 is 0 Å². The molecule has 1 saturated heterocycles. The predicted molar refractivity (Wildman–Crippen MR) is 73.5 cm³/mol. The highest BCUT2D eigenvalue weighted by Crippen LogP contribution is 2.40. The highest BCUT2D eigenvalue weighted by Gasteiger charge is 2.32. The fourth-order valence-corrected chi connectivity index (χ4v) is 2.90. The molecule has 0 bridgehead atoms. The van der Waals surface area contributed by atoms with Crippen molar-refractivity contribution in [3.8, 4) is 0 Å². The number of carbonyl (C=O) groups is 1. The van der Waals surface area contributed by atoms with Gasteiger partial charge in [0.15, 0.2) is 5.69 Å². The zero-order valence-electron chi connectivity index (χ0n) is 11.7. The first-order valence-corrected chi connectivity index (χ1v) is 7.75. The molecule has 0 unspecified atom stereocenters. The number of hydrogen-bond donors (Lipinski definition) is 1. The minimum atomic E-state index is -0.0960. The molecule has 1 aliphatic heterocycles. The van der Waals surface area contributed by atoms with Gasteiger partial charge in [-0.25, -0.2) is 0 Å². The molecule has 0 aromatic carbocycles. The molecule has 1 amide bonds. The van der Waals surface area contributed by atoms with Gasteiger partial charge in [0.25, 0.3) is 5.91 Å². The van der Waals surface area contributed by atoms with Crippen LogP contribution in [0.3, 0.4) is 0 Å². The normalized spacial score (nSPS) is 23.6. The lowest BCUT2D eigenvalue weighted by Gasteiger charge is -2.39. The van der Waals surface area contributed by atoms with E-state index in [1.807, 2.05) is 0 Å². The molecular formula is C15H21N3O2. The van der Waals surface area contributed by atoms with E-state index in [2.05, 4.69) is 15.4 Å². The molecule has 2 heterocycles. The van der Waals surface area contributed by atoms with Gasteiger partial charge >= 0.3 is 0 Å². The molecular weight excluding hydrogens is 254 g/mol. The molecule has 1 N–H and O–H groups in total. The number of aromatic nitrogens is 1. The van der Waals surface area contributed by atoms with E-state index in [4.69, 9.17) is 4.52 Å². The van der Waals surface area contributed by atoms with Crippen LogP contribution in [0.15, 0.2) is 10.6 Å². The maximum absolute atomic E-state index is 12.0. The van der Waals surface area contributed by atoms with Crippen molar-refractivity contribution in [3.05, 3.63) is 17.5 Å². The summed E-state index contributed by atoms with van der Waals surface area (Å²) in [6.45, 7) is 4.27. The van der Waals surface area contributed by atoms with Crippen LogP contribution in [-0.4, -0.2) is 42.1 Å². The molecule has 108 valence electrons. The number of nitrogens with zero attached hydrogens (tertiary/aromatic N) is 2. The van der Waals surface area contributed by atoms with Crippen molar-refractivity contribution in [2.75, 3.05) is 26.2 Å². The summed E-state index contributed by atoms with van der Waals surface area (Å²) >= 11 is 0. The third-order valence-corrected chi connectivity index (χ3v) is 4.54. The van der Waals surface area contributed by atoms with Crippen molar-refractivity contribution in [3.63, 3.8) is 0 Å². The molecule has 5 nitrogen and oxygen atoms in total. The lowest BCUT2D eigenvalue weighted by atomic mass is 10.00. The topological polar surface area (TPSA) is 58.4 Å². The molecule has 3 fully saturated rings. The van der Waals surface area contributed by atoms with E-state index >= 15 is 0 Å². The summed E-state index contributed by atoms with van der Waals surface area (Å²) in [5.41, 5.74) is 0.432. The maximum atomic E-state index is 12.0. The average Bonchev–Trinajstić information content (AvgIpc) is 3.32. The lowest BCUT2D eigenvalue weighted by Crippen LogP contribution is -2.51. The first-order chi connectivity index (χ1) is 9.78. The fourth-order valence-electron chi connectivity index (χ4n) is 2.90. The Bertz CT molecular complexity index is 499. The number of hydrogen-bond acceptors (Lipinski definition) is 4. The molecule has 5 heteroatoms. The zero-order chi connectivity index (χ0) is 13.5. The summed E-state index contributed by atoms with van der Waals surface area (Å²) in [7, 11) is 0. The van der Waals surface area contributed by atoms with Crippen molar-refractivity contribution in [2.24, 2.45) is 11.8 Å². The zero-order valence-corrected chi connectivity index (χ0v) is 11.7. The van der Waals surface area contributed by atoms with E-state index in [1.165, 1.54) is 19.4 Å². The van der Waals surface area contributed by atoms with Crippen LogP contribution in [0.25, 0.3) is 0 Å². The third kappa shape index (κ3) is 2.73. The summed E-state index contributed by atoms with van der Waals surface area (Å²) in [6.07, 6.45) is 5.14. The third-order valence-electron chi connectivity index (χ3n) is 4.54. The molecule has 4 rings (SSSR count). The van der Waals surface area contributed by atoms with Gasteiger partial charge in [0.2, 0.25) is 0 Å².